The summed E-state index contributed by atoms with van der Waals surface area (Å²) in [4.78, 5) is 19.7. The topological polar surface area (TPSA) is 69.5 Å². The number of nitrogens with zero attached hydrogens (tertiary/aromatic N) is 4. The average molecular weight is 439 g/mol. The first-order chi connectivity index (χ1) is 15.0. The Morgan fingerprint density at radius 3 is 2.87 bits per heavy atom. The molecule has 0 bridgehead atoms. The van der Waals surface area contributed by atoms with Crippen LogP contribution in [0.5, 0.6) is 5.75 Å². The largest absolute Gasteiger partial charge is 0.489 e. The molecule has 1 atom stereocenters. The van der Waals surface area contributed by atoms with E-state index < -0.39 is 0 Å². The molecule has 0 aliphatic carbocycles. The number of halogens is 1. The van der Waals surface area contributed by atoms with Crippen LogP contribution < -0.4 is 4.74 Å². The molecule has 0 radical (unpaired) electrons. The number of pyridine rings is 1. The summed E-state index contributed by atoms with van der Waals surface area (Å²) in [5.74, 6) is 0.432. The number of carbonyl (C=O) groups is 1. The fourth-order valence-corrected chi connectivity index (χ4v) is 4.41. The maximum absolute atomic E-state index is 13.3. The Balaban J connectivity index is 1.45. The zero-order chi connectivity index (χ0) is 21.5. The van der Waals surface area contributed by atoms with Gasteiger partial charge in [-0.2, -0.15) is 5.10 Å². The molecule has 1 fully saturated rings. The van der Waals surface area contributed by atoms with E-state index in [0.717, 1.165) is 27.9 Å². The second-order valence-electron chi connectivity index (χ2n) is 8.02. The molecule has 4 heterocycles. The van der Waals surface area contributed by atoms with Crippen molar-refractivity contribution in [2.24, 2.45) is 7.05 Å². The molecule has 160 valence electrons. The molecule has 1 saturated heterocycles. The zero-order valence-electron chi connectivity index (χ0n) is 17.5. The van der Waals surface area contributed by atoms with Gasteiger partial charge >= 0.3 is 0 Å². The molecule has 31 heavy (non-hydrogen) atoms. The van der Waals surface area contributed by atoms with Crippen LogP contribution in [0.2, 0.25) is 5.02 Å². The molecule has 1 aromatic carbocycles. The first kappa shape index (κ1) is 20.0. The number of morpholine rings is 1. The number of hydrogen-bond donors (Lipinski definition) is 0. The van der Waals surface area contributed by atoms with E-state index in [1.54, 1.807) is 10.9 Å². The third kappa shape index (κ3) is 3.68. The van der Waals surface area contributed by atoms with E-state index in [0.29, 0.717) is 49.1 Å². The molecule has 2 aliphatic heterocycles. The standard InChI is InChI=1S/C23H23ClN4O3/c1-14-16(7-15-3-4-20(25-9-15)17-10-26-27(2)11-17)8-19-22(21(14)24)31-13-18-12-30-6-5-28(18)23(19)29/h3-4,8-11,18H,5-7,12-13H2,1-2H3/t18-/m1/s1. The van der Waals surface area contributed by atoms with Crippen molar-refractivity contribution < 1.29 is 14.3 Å². The van der Waals surface area contributed by atoms with Crippen LogP contribution in [0.4, 0.5) is 0 Å². The van der Waals surface area contributed by atoms with Gasteiger partial charge < -0.3 is 14.4 Å². The predicted molar refractivity (Wildman–Crippen MR) is 117 cm³/mol. The van der Waals surface area contributed by atoms with Gasteiger partial charge in [0.1, 0.15) is 6.61 Å². The Labute approximate surface area is 185 Å². The Bertz CT molecular complexity index is 1140. The van der Waals surface area contributed by atoms with Gasteiger partial charge in [0, 0.05) is 31.5 Å². The second-order valence-corrected chi connectivity index (χ2v) is 8.40. The van der Waals surface area contributed by atoms with Crippen molar-refractivity contribution >= 4 is 17.5 Å². The summed E-state index contributed by atoms with van der Waals surface area (Å²) in [7, 11) is 1.88. The van der Waals surface area contributed by atoms with E-state index in [1.807, 2.05) is 49.5 Å². The van der Waals surface area contributed by atoms with Crippen LogP contribution in [0, 0.1) is 6.92 Å². The summed E-state index contributed by atoms with van der Waals surface area (Å²) in [6.07, 6.45) is 6.21. The molecule has 5 rings (SSSR count). The lowest BCUT2D eigenvalue weighted by molar-refractivity contribution is -0.0109. The number of hydrogen-bond acceptors (Lipinski definition) is 5. The van der Waals surface area contributed by atoms with Crippen LogP contribution in [0.25, 0.3) is 11.3 Å². The number of benzene rings is 1. The number of aryl methyl sites for hydroxylation is 1. The molecule has 2 aliphatic rings. The van der Waals surface area contributed by atoms with Gasteiger partial charge in [-0.1, -0.05) is 17.7 Å². The summed E-state index contributed by atoms with van der Waals surface area (Å²) in [5, 5.41) is 4.70. The van der Waals surface area contributed by atoms with Crippen LogP contribution in [-0.4, -0.2) is 58.0 Å². The molecule has 7 nitrogen and oxygen atoms in total. The maximum Gasteiger partial charge on any atom is 0.258 e. The van der Waals surface area contributed by atoms with E-state index in [-0.39, 0.29) is 11.9 Å². The summed E-state index contributed by atoms with van der Waals surface area (Å²) < 4.78 is 13.3. The number of amides is 1. The zero-order valence-corrected chi connectivity index (χ0v) is 18.2. The molecule has 0 spiro atoms. The van der Waals surface area contributed by atoms with Crippen molar-refractivity contribution in [2.75, 3.05) is 26.4 Å². The third-order valence-electron chi connectivity index (χ3n) is 5.93. The van der Waals surface area contributed by atoms with Gasteiger partial charge in [-0.15, -0.1) is 0 Å². The minimum absolute atomic E-state index is 0.0472. The fraction of sp³-hybridized carbons (Fsp3) is 0.348. The predicted octanol–water partition coefficient (Wildman–Crippen LogP) is 3.27. The molecule has 3 aromatic rings. The highest BCUT2D eigenvalue weighted by molar-refractivity contribution is 6.33. The molecule has 2 aromatic heterocycles. The minimum atomic E-state index is -0.0855. The van der Waals surface area contributed by atoms with Gasteiger partial charge in [-0.25, -0.2) is 0 Å². The summed E-state index contributed by atoms with van der Waals surface area (Å²) in [5.41, 5.74) is 5.31. The number of fused-ring (bicyclic) bond motifs is 2. The molecule has 1 amide bonds. The van der Waals surface area contributed by atoms with Gasteiger partial charge in [0.25, 0.3) is 5.91 Å². The van der Waals surface area contributed by atoms with Crippen LogP contribution in [0.15, 0.2) is 36.8 Å². The lowest BCUT2D eigenvalue weighted by atomic mass is 9.97. The highest BCUT2D eigenvalue weighted by atomic mass is 35.5. The highest BCUT2D eigenvalue weighted by Gasteiger charge is 2.35. The quantitative estimate of drug-likeness (QED) is 0.627. The minimum Gasteiger partial charge on any atom is -0.489 e. The van der Waals surface area contributed by atoms with Crippen molar-refractivity contribution in [3.63, 3.8) is 0 Å². The van der Waals surface area contributed by atoms with Crippen molar-refractivity contribution in [3.05, 3.63) is 64.1 Å². The monoisotopic (exact) mass is 438 g/mol. The smallest absolute Gasteiger partial charge is 0.258 e. The van der Waals surface area contributed by atoms with E-state index in [9.17, 15) is 4.79 Å². The van der Waals surface area contributed by atoms with Crippen LogP contribution in [0.1, 0.15) is 27.0 Å². The van der Waals surface area contributed by atoms with Gasteiger partial charge in [-0.3, -0.25) is 14.5 Å². The van der Waals surface area contributed by atoms with Crippen molar-refractivity contribution in [1.29, 1.82) is 0 Å². The average Bonchev–Trinajstić information content (AvgIpc) is 3.16. The highest BCUT2D eigenvalue weighted by Crippen LogP contribution is 2.38. The number of rotatable bonds is 3. The Morgan fingerprint density at radius 1 is 1.26 bits per heavy atom. The van der Waals surface area contributed by atoms with Crippen LogP contribution in [-0.2, 0) is 18.2 Å². The fourth-order valence-electron chi connectivity index (χ4n) is 4.13. The summed E-state index contributed by atoms with van der Waals surface area (Å²) in [6, 6.07) is 5.87. The van der Waals surface area contributed by atoms with E-state index >= 15 is 0 Å². The molecule has 8 heteroatoms. The van der Waals surface area contributed by atoms with Crippen molar-refractivity contribution in [1.82, 2.24) is 19.7 Å². The SMILES string of the molecule is Cc1c(Cc2ccc(-c3cnn(C)c3)nc2)cc2c(c1Cl)OC[C@H]1COCCN1C2=O. The number of aromatic nitrogens is 3. The molecular formula is C23H23ClN4O3. The molecular weight excluding hydrogens is 416 g/mol. The summed E-state index contributed by atoms with van der Waals surface area (Å²) >= 11 is 6.67. The van der Waals surface area contributed by atoms with Gasteiger partial charge in [0.05, 0.1) is 41.7 Å². The van der Waals surface area contributed by atoms with Crippen LogP contribution >= 0.6 is 11.6 Å². The lowest BCUT2D eigenvalue weighted by Gasteiger charge is -2.33. The number of carbonyl (C=O) groups excluding carboxylic acids is 1. The van der Waals surface area contributed by atoms with Gasteiger partial charge in [-0.05, 0) is 42.2 Å². The molecule has 0 saturated carbocycles. The van der Waals surface area contributed by atoms with Crippen molar-refractivity contribution in [3.8, 4) is 17.0 Å². The third-order valence-corrected chi connectivity index (χ3v) is 6.39. The lowest BCUT2D eigenvalue weighted by Crippen LogP contribution is -2.50. The van der Waals surface area contributed by atoms with Gasteiger partial charge in [0.15, 0.2) is 5.75 Å². The summed E-state index contributed by atoms with van der Waals surface area (Å²) in [6.45, 7) is 3.94. The normalized spacial score (nSPS) is 18.2. The molecule has 0 unspecified atom stereocenters. The second kappa shape index (κ2) is 7.98. The first-order valence-electron chi connectivity index (χ1n) is 10.3. The Kier molecular flexibility index (Phi) is 5.16. The van der Waals surface area contributed by atoms with E-state index in [2.05, 4.69) is 10.1 Å². The van der Waals surface area contributed by atoms with Crippen LogP contribution in [0.3, 0.4) is 0 Å². The Hall–Kier alpha value is -2.90. The first-order valence-corrected chi connectivity index (χ1v) is 10.7. The van der Waals surface area contributed by atoms with Gasteiger partial charge in [0.2, 0.25) is 0 Å². The maximum atomic E-state index is 13.3. The molecule has 0 N–H and O–H groups in total. The number of ether oxygens (including phenoxy) is 2. The van der Waals surface area contributed by atoms with E-state index in [4.69, 9.17) is 21.1 Å². The Morgan fingerprint density at radius 2 is 2.13 bits per heavy atom. The van der Waals surface area contributed by atoms with E-state index in [1.165, 1.54) is 0 Å². The van der Waals surface area contributed by atoms with Crippen molar-refractivity contribution in [2.45, 2.75) is 19.4 Å².